The van der Waals surface area contributed by atoms with Gasteiger partial charge in [-0.15, -0.1) is 11.3 Å². The fourth-order valence-electron chi connectivity index (χ4n) is 1.83. The standard InChI is InChI=1S/C14H18FN3S/c1-3-16-9-12-10-19-14(17-12)18(4-2)13-7-5-6-11(15)8-13/h5-8,10,16H,3-4,9H2,1-2H3. The molecule has 1 heterocycles. The van der Waals surface area contributed by atoms with Crippen LogP contribution in [0.15, 0.2) is 29.6 Å². The predicted octanol–water partition coefficient (Wildman–Crippen LogP) is 3.55. The Labute approximate surface area is 117 Å². The van der Waals surface area contributed by atoms with E-state index in [2.05, 4.69) is 17.2 Å². The second-order valence-electron chi connectivity index (χ2n) is 4.13. The fraction of sp³-hybridized carbons (Fsp3) is 0.357. The van der Waals surface area contributed by atoms with E-state index < -0.39 is 0 Å². The highest BCUT2D eigenvalue weighted by Gasteiger charge is 2.12. The zero-order chi connectivity index (χ0) is 13.7. The van der Waals surface area contributed by atoms with Crippen molar-refractivity contribution in [3.63, 3.8) is 0 Å². The van der Waals surface area contributed by atoms with Gasteiger partial charge in [-0.3, -0.25) is 0 Å². The van der Waals surface area contributed by atoms with Crippen molar-refractivity contribution < 1.29 is 4.39 Å². The molecule has 0 radical (unpaired) electrons. The van der Waals surface area contributed by atoms with Crippen LogP contribution in [-0.4, -0.2) is 18.1 Å². The summed E-state index contributed by atoms with van der Waals surface area (Å²) in [7, 11) is 0. The Morgan fingerprint density at radius 3 is 2.89 bits per heavy atom. The maximum atomic E-state index is 13.3. The molecule has 5 heteroatoms. The van der Waals surface area contributed by atoms with Crippen LogP contribution in [0.5, 0.6) is 0 Å². The van der Waals surface area contributed by atoms with E-state index in [4.69, 9.17) is 0 Å². The number of nitrogens with one attached hydrogen (secondary N) is 1. The average molecular weight is 279 g/mol. The number of benzene rings is 1. The smallest absolute Gasteiger partial charge is 0.190 e. The first-order valence-corrected chi connectivity index (χ1v) is 7.30. The van der Waals surface area contributed by atoms with Gasteiger partial charge in [0.15, 0.2) is 5.13 Å². The number of nitrogens with zero attached hydrogens (tertiary/aromatic N) is 2. The first kappa shape index (κ1) is 14.0. The first-order chi connectivity index (χ1) is 9.24. The van der Waals surface area contributed by atoms with Crippen molar-refractivity contribution in [3.8, 4) is 0 Å². The molecule has 0 unspecified atom stereocenters. The number of rotatable bonds is 6. The molecule has 0 bridgehead atoms. The highest BCUT2D eigenvalue weighted by Crippen LogP contribution is 2.28. The van der Waals surface area contributed by atoms with Crippen molar-refractivity contribution in [1.29, 1.82) is 0 Å². The summed E-state index contributed by atoms with van der Waals surface area (Å²) >= 11 is 1.59. The fourth-order valence-corrected chi connectivity index (χ4v) is 2.74. The number of anilines is 2. The van der Waals surface area contributed by atoms with E-state index in [0.29, 0.717) is 0 Å². The van der Waals surface area contributed by atoms with Gasteiger partial charge in [-0.2, -0.15) is 0 Å². The SMILES string of the molecule is CCNCc1csc(N(CC)c2cccc(F)c2)n1. The number of hydrogen-bond acceptors (Lipinski definition) is 4. The quantitative estimate of drug-likeness (QED) is 0.876. The van der Waals surface area contributed by atoms with Gasteiger partial charge < -0.3 is 10.2 Å². The predicted molar refractivity (Wildman–Crippen MR) is 78.6 cm³/mol. The van der Waals surface area contributed by atoms with Crippen LogP contribution in [-0.2, 0) is 6.54 Å². The van der Waals surface area contributed by atoms with E-state index in [-0.39, 0.29) is 5.82 Å². The van der Waals surface area contributed by atoms with Crippen LogP contribution in [0.2, 0.25) is 0 Å². The summed E-state index contributed by atoms with van der Waals surface area (Å²) in [5.41, 5.74) is 1.86. The van der Waals surface area contributed by atoms with E-state index in [1.807, 2.05) is 23.3 Å². The van der Waals surface area contributed by atoms with Crippen LogP contribution in [0.1, 0.15) is 19.5 Å². The van der Waals surface area contributed by atoms with E-state index in [1.54, 1.807) is 17.4 Å². The third-order valence-electron chi connectivity index (χ3n) is 2.76. The van der Waals surface area contributed by atoms with Gasteiger partial charge in [-0.05, 0) is 31.7 Å². The minimum atomic E-state index is -0.222. The zero-order valence-electron chi connectivity index (χ0n) is 11.2. The van der Waals surface area contributed by atoms with E-state index >= 15 is 0 Å². The third-order valence-corrected chi connectivity index (χ3v) is 3.68. The Morgan fingerprint density at radius 2 is 2.21 bits per heavy atom. The third kappa shape index (κ3) is 3.52. The Morgan fingerprint density at radius 1 is 1.37 bits per heavy atom. The molecule has 1 aromatic heterocycles. The number of thiazole rings is 1. The largest absolute Gasteiger partial charge is 0.318 e. The second-order valence-corrected chi connectivity index (χ2v) is 4.96. The molecule has 2 aromatic rings. The molecule has 3 nitrogen and oxygen atoms in total. The Hall–Kier alpha value is -1.46. The molecule has 19 heavy (non-hydrogen) atoms. The topological polar surface area (TPSA) is 28.2 Å². The van der Waals surface area contributed by atoms with Crippen LogP contribution in [0.4, 0.5) is 15.2 Å². The normalized spacial score (nSPS) is 10.7. The molecule has 0 aliphatic carbocycles. The molecule has 0 fully saturated rings. The molecule has 102 valence electrons. The van der Waals surface area contributed by atoms with Crippen molar-refractivity contribution >= 4 is 22.2 Å². The molecule has 0 aliphatic heterocycles. The summed E-state index contributed by atoms with van der Waals surface area (Å²) in [6.07, 6.45) is 0. The number of halogens is 1. The summed E-state index contributed by atoms with van der Waals surface area (Å²) < 4.78 is 13.3. The van der Waals surface area contributed by atoms with Crippen LogP contribution < -0.4 is 10.2 Å². The second kappa shape index (κ2) is 6.63. The molecule has 0 spiro atoms. The van der Waals surface area contributed by atoms with Crippen LogP contribution in [0.3, 0.4) is 0 Å². The highest BCUT2D eigenvalue weighted by molar-refractivity contribution is 7.13. The van der Waals surface area contributed by atoms with Gasteiger partial charge in [0.25, 0.3) is 0 Å². The van der Waals surface area contributed by atoms with Crippen LogP contribution in [0.25, 0.3) is 0 Å². The maximum absolute atomic E-state index is 13.3. The summed E-state index contributed by atoms with van der Waals surface area (Å²) in [4.78, 5) is 6.60. The Kier molecular flexibility index (Phi) is 4.87. The minimum absolute atomic E-state index is 0.222. The summed E-state index contributed by atoms with van der Waals surface area (Å²) in [6, 6.07) is 6.61. The first-order valence-electron chi connectivity index (χ1n) is 6.42. The van der Waals surface area contributed by atoms with Crippen molar-refractivity contribution in [2.75, 3.05) is 18.0 Å². The van der Waals surface area contributed by atoms with Gasteiger partial charge in [0.2, 0.25) is 0 Å². The van der Waals surface area contributed by atoms with Gasteiger partial charge in [0.05, 0.1) is 5.69 Å². The molecule has 0 amide bonds. The summed E-state index contributed by atoms with van der Waals surface area (Å²) in [5, 5.41) is 6.19. The molecule has 2 rings (SSSR count). The summed E-state index contributed by atoms with van der Waals surface area (Å²) in [6.45, 7) is 6.56. The molecule has 0 saturated heterocycles. The number of hydrogen-bond donors (Lipinski definition) is 1. The lowest BCUT2D eigenvalue weighted by atomic mass is 10.3. The zero-order valence-corrected chi connectivity index (χ0v) is 12.0. The maximum Gasteiger partial charge on any atom is 0.190 e. The Bertz CT molecular complexity index is 527. The van der Waals surface area contributed by atoms with Gasteiger partial charge in [-0.25, -0.2) is 9.37 Å². The van der Waals surface area contributed by atoms with Crippen molar-refractivity contribution in [2.45, 2.75) is 20.4 Å². The molecule has 1 N–H and O–H groups in total. The van der Waals surface area contributed by atoms with Crippen LogP contribution >= 0.6 is 11.3 Å². The molecule has 0 atom stereocenters. The highest BCUT2D eigenvalue weighted by atomic mass is 32.1. The Balaban J connectivity index is 2.19. The van der Waals surface area contributed by atoms with Gasteiger partial charge in [0, 0.05) is 24.2 Å². The molecular weight excluding hydrogens is 261 g/mol. The lowest BCUT2D eigenvalue weighted by molar-refractivity contribution is 0.627. The molecule has 1 aromatic carbocycles. The monoisotopic (exact) mass is 279 g/mol. The van der Waals surface area contributed by atoms with Gasteiger partial charge in [0.1, 0.15) is 5.82 Å². The van der Waals surface area contributed by atoms with Gasteiger partial charge in [-0.1, -0.05) is 13.0 Å². The van der Waals surface area contributed by atoms with Crippen LogP contribution in [0, 0.1) is 5.82 Å². The van der Waals surface area contributed by atoms with Gasteiger partial charge >= 0.3 is 0 Å². The lowest BCUT2D eigenvalue weighted by Crippen LogP contribution is -2.16. The molecule has 0 aliphatic rings. The average Bonchev–Trinajstić information content (AvgIpc) is 2.86. The summed E-state index contributed by atoms with van der Waals surface area (Å²) in [5.74, 6) is -0.222. The van der Waals surface area contributed by atoms with Crippen molar-refractivity contribution in [1.82, 2.24) is 10.3 Å². The molecular formula is C14H18FN3S. The lowest BCUT2D eigenvalue weighted by Gasteiger charge is -2.19. The number of aromatic nitrogens is 1. The minimum Gasteiger partial charge on any atom is -0.318 e. The van der Waals surface area contributed by atoms with E-state index in [1.165, 1.54) is 12.1 Å². The van der Waals surface area contributed by atoms with Crippen molar-refractivity contribution in [3.05, 3.63) is 41.2 Å². The molecule has 0 saturated carbocycles. The van der Waals surface area contributed by atoms with Crippen molar-refractivity contribution in [2.24, 2.45) is 0 Å². The van der Waals surface area contributed by atoms with E-state index in [0.717, 1.165) is 36.1 Å². The van der Waals surface area contributed by atoms with E-state index in [9.17, 15) is 4.39 Å².